The number of ether oxygens (including phenoxy) is 1. The first-order chi connectivity index (χ1) is 12.3. The third-order valence-electron chi connectivity index (χ3n) is 4.19. The number of nitrogens with zero attached hydrogens (tertiary/aromatic N) is 2. The number of alkyl halides is 3. The van der Waals surface area contributed by atoms with Crippen molar-refractivity contribution in [3.05, 3.63) is 54.0 Å². The summed E-state index contributed by atoms with van der Waals surface area (Å²) in [4.78, 5) is 20.2. The number of hydrogen-bond donors (Lipinski definition) is 1. The Hall–Kier alpha value is -2.64. The number of hydrogen-bond acceptors (Lipinski definition) is 4. The van der Waals surface area contributed by atoms with E-state index in [0.29, 0.717) is 5.69 Å². The molecule has 5 nitrogen and oxygen atoms in total. The lowest BCUT2D eigenvalue weighted by atomic mass is 10.1. The molecule has 1 saturated carbocycles. The van der Waals surface area contributed by atoms with Crippen LogP contribution in [0.3, 0.4) is 0 Å². The first kappa shape index (κ1) is 18.2. The number of aromatic nitrogens is 2. The van der Waals surface area contributed by atoms with Crippen LogP contribution in [0.1, 0.15) is 36.6 Å². The fraction of sp³-hybridized carbons (Fsp3) is 0.389. The fourth-order valence-corrected chi connectivity index (χ4v) is 2.73. The van der Waals surface area contributed by atoms with Crippen molar-refractivity contribution in [1.82, 2.24) is 15.3 Å². The van der Waals surface area contributed by atoms with E-state index in [1.807, 2.05) is 30.3 Å². The number of rotatable bonds is 6. The number of carbonyl (C=O) groups is 1. The Morgan fingerprint density at radius 3 is 2.62 bits per heavy atom. The number of amides is 1. The Bertz CT molecular complexity index is 751. The van der Waals surface area contributed by atoms with Gasteiger partial charge in [-0.3, -0.25) is 9.78 Å². The van der Waals surface area contributed by atoms with E-state index < -0.39 is 18.8 Å². The monoisotopic (exact) mass is 365 g/mol. The van der Waals surface area contributed by atoms with Gasteiger partial charge >= 0.3 is 6.18 Å². The van der Waals surface area contributed by atoms with Crippen molar-refractivity contribution in [3.63, 3.8) is 0 Å². The third-order valence-corrected chi connectivity index (χ3v) is 4.19. The second-order valence-corrected chi connectivity index (χ2v) is 6.27. The first-order valence-corrected chi connectivity index (χ1v) is 8.20. The van der Waals surface area contributed by atoms with Crippen LogP contribution in [0, 0.1) is 5.92 Å². The Labute approximate surface area is 148 Å². The van der Waals surface area contributed by atoms with Gasteiger partial charge in [0.25, 0.3) is 0 Å². The molecular weight excluding hydrogens is 347 g/mol. The number of nitrogens with one attached hydrogen (secondary N) is 1. The molecule has 0 saturated heterocycles. The lowest BCUT2D eigenvalue weighted by Gasteiger charge is -2.14. The van der Waals surface area contributed by atoms with Gasteiger partial charge in [0, 0.05) is 5.92 Å². The second kappa shape index (κ2) is 7.31. The SMILES string of the molecule is C[C@@H](NC(=O)[C@@H]1C[C@H]1c1ccccc1)c1cnc(OCC(F)(F)F)cn1. The summed E-state index contributed by atoms with van der Waals surface area (Å²) in [6.07, 6.45) is -1.20. The Morgan fingerprint density at radius 1 is 1.27 bits per heavy atom. The van der Waals surface area contributed by atoms with E-state index in [1.54, 1.807) is 6.92 Å². The lowest BCUT2D eigenvalue weighted by Crippen LogP contribution is -2.29. The molecule has 3 atom stereocenters. The Morgan fingerprint density at radius 2 is 2.00 bits per heavy atom. The maximum absolute atomic E-state index is 12.3. The standard InChI is InChI=1S/C18H18F3N3O2/c1-11(15-8-23-16(9-22-15)26-10-18(19,20)21)24-17(25)14-7-13(14)12-5-3-2-4-6-12/h2-6,8-9,11,13-14H,7,10H2,1H3,(H,24,25)/t11-,13+,14-/m1/s1. The zero-order valence-corrected chi connectivity index (χ0v) is 14.0. The number of benzene rings is 1. The Balaban J connectivity index is 1.52. The van der Waals surface area contributed by atoms with Crippen LogP contribution in [0.15, 0.2) is 42.7 Å². The maximum Gasteiger partial charge on any atom is 0.422 e. The summed E-state index contributed by atoms with van der Waals surface area (Å²) in [5.41, 5.74) is 1.60. The van der Waals surface area contributed by atoms with Crippen molar-refractivity contribution in [3.8, 4) is 5.88 Å². The molecule has 1 amide bonds. The van der Waals surface area contributed by atoms with Crippen molar-refractivity contribution in [1.29, 1.82) is 0 Å². The van der Waals surface area contributed by atoms with E-state index in [-0.39, 0.29) is 23.6 Å². The largest absolute Gasteiger partial charge is 0.467 e. The lowest BCUT2D eigenvalue weighted by molar-refractivity contribution is -0.154. The highest BCUT2D eigenvalue weighted by Gasteiger charge is 2.44. The van der Waals surface area contributed by atoms with Crippen molar-refractivity contribution < 1.29 is 22.7 Å². The van der Waals surface area contributed by atoms with Crippen molar-refractivity contribution in [2.45, 2.75) is 31.5 Å². The molecule has 0 bridgehead atoms. The molecule has 0 unspecified atom stereocenters. The zero-order valence-electron chi connectivity index (χ0n) is 14.0. The minimum atomic E-state index is -4.43. The highest BCUT2D eigenvalue weighted by molar-refractivity contribution is 5.83. The molecule has 3 rings (SSSR count). The molecule has 138 valence electrons. The van der Waals surface area contributed by atoms with E-state index in [2.05, 4.69) is 20.0 Å². The summed E-state index contributed by atoms with van der Waals surface area (Å²) < 4.78 is 40.8. The van der Waals surface area contributed by atoms with Gasteiger partial charge in [-0.2, -0.15) is 13.2 Å². The van der Waals surface area contributed by atoms with E-state index in [4.69, 9.17) is 0 Å². The van der Waals surface area contributed by atoms with Gasteiger partial charge in [-0.1, -0.05) is 30.3 Å². The molecule has 1 N–H and O–H groups in total. The van der Waals surface area contributed by atoms with Crippen LogP contribution in [0.5, 0.6) is 5.88 Å². The first-order valence-electron chi connectivity index (χ1n) is 8.20. The van der Waals surface area contributed by atoms with Gasteiger partial charge in [0.05, 0.1) is 24.1 Å². The molecule has 26 heavy (non-hydrogen) atoms. The van der Waals surface area contributed by atoms with E-state index in [0.717, 1.165) is 18.2 Å². The molecule has 8 heteroatoms. The molecule has 1 aromatic carbocycles. The average molecular weight is 365 g/mol. The van der Waals surface area contributed by atoms with Crippen LogP contribution in [0.4, 0.5) is 13.2 Å². The van der Waals surface area contributed by atoms with Gasteiger partial charge in [-0.05, 0) is 24.8 Å². The van der Waals surface area contributed by atoms with Crippen LogP contribution in [-0.2, 0) is 4.79 Å². The summed E-state index contributed by atoms with van der Waals surface area (Å²) in [7, 11) is 0. The van der Waals surface area contributed by atoms with Gasteiger partial charge < -0.3 is 10.1 Å². The van der Waals surface area contributed by atoms with Gasteiger partial charge in [0.2, 0.25) is 11.8 Å². The molecule has 0 aliphatic heterocycles. The quantitative estimate of drug-likeness (QED) is 0.852. The molecule has 1 aromatic heterocycles. The summed E-state index contributed by atoms with van der Waals surface area (Å²) in [6.45, 7) is 0.327. The smallest absolute Gasteiger partial charge is 0.422 e. The Kier molecular flexibility index (Phi) is 5.11. The molecule has 0 radical (unpaired) electrons. The predicted molar refractivity (Wildman–Crippen MR) is 87.4 cm³/mol. The van der Waals surface area contributed by atoms with Crippen LogP contribution in [-0.4, -0.2) is 28.7 Å². The molecule has 1 fully saturated rings. The highest BCUT2D eigenvalue weighted by Crippen LogP contribution is 2.47. The average Bonchev–Trinajstić information content (AvgIpc) is 3.41. The second-order valence-electron chi connectivity index (χ2n) is 6.27. The predicted octanol–water partition coefficient (Wildman–Crippen LogP) is 3.40. The molecule has 1 heterocycles. The van der Waals surface area contributed by atoms with Crippen molar-refractivity contribution in [2.75, 3.05) is 6.61 Å². The van der Waals surface area contributed by atoms with E-state index >= 15 is 0 Å². The summed E-state index contributed by atoms with van der Waals surface area (Å²) >= 11 is 0. The van der Waals surface area contributed by atoms with Crippen molar-refractivity contribution >= 4 is 5.91 Å². The molecule has 1 aliphatic carbocycles. The van der Waals surface area contributed by atoms with Crippen LogP contribution in [0.25, 0.3) is 0 Å². The maximum atomic E-state index is 12.3. The highest BCUT2D eigenvalue weighted by atomic mass is 19.4. The molecule has 2 aromatic rings. The minimum Gasteiger partial charge on any atom is -0.467 e. The van der Waals surface area contributed by atoms with Crippen molar-refractivity contribution in [2.24, 2.45) is 5.92 Å². The van der Waals surface area contributed by atoms with E-state index in [9.17, 15) is 18.0 Å². The number of carbonyl (C=O) groups excluding carboxylic acids is 1. The zero-order chi connectivity index (χ0) is 18.7. The van der Waals surface area contributed by atoms with Crippen LogP contribution in [0.2, 0.25) is 0 Å². The van der Waals surface area contributed by atoms with E-state index in [1.165, 1.54) is 6.20 Å². The van der Waals surface area contributed by atoms with Gasteiger partial charge in [0.1, 0.15) is 0 Å². The summed E-state index contributed by atoms with van der Waals surface area (Å²) in [5.74, 6) is -0.115. The molecule has 1 aliphatic rings. The molecular formula is C18H18F3N3O2. The van der Waals surface area contributed by atoms with Gasteiger partial charge in [0.15, 0.2) is 6.61 Å². The summed E-state index contributed by atoms with van der Waals surface area (Å²) in [5, 5.41) is 2.87. The fourth-order valence-electron chi connectivity index (χ4n) is 2.73. The third kappa shape index (κ3) is 4.71. The van der Waals surface area contributed by atoms with Gasteiger partial charge in [-0.15, -0.1) is 0 Å². The molecule has 0 spiro atoms. The summed E-state index contributed by atoms with van der Waals surface area (Å²) in [6, 6.07) is 9.44. The number of halogens is 3. The van der Waals surface area contributed by atoms with Gasteiger partial charge in [-0.25, -0.2) is 4.98 Å². The normalized spacial score (nSPS) is 20.3. The minimum absolute atomic E-state index is 0.0643. The van der Waals surface area contributed by atoms with Crippen LogP contribution >= 0.6 is 0 Å². The van der Waals surface area contributed by atoms with Crippen LogP contribution < -0.4 is 10.1 Å². The topological polar surface area (TPSA) is 64.1 Å².